The zero-order valence-electron chi connectivity index (χ0n) is 13.8. The molecular formula is C18H22N2O4. The molecule has 128 valence electrons. The van der Waals surface area contributed by atoms with Gasteiger partial charge < -0.3 is 14.9 Å². The average molecular weight is 330 g/mol. The third-order valence-corrected chi connectivity index (χ3v) is 4.87. The first-order valence-electron chi connectivity index (χ1n) is 8.34. The third kappa shape index (κ3) is 3.27. The monoisotopic (exact) mass is 330 g/mol. The second-order valence-electron chi connectivity index (χ2n) is 6.71. The molecule has 2 aliphatic heterocycles. The van der Waals surface area contributed by atoms with Crippen LogP contribution in [0.2, 0.25) is 0 Å². The Kier molecular flexibility index (Phi) is 4.55. The predicted octanol–water partition coefficient (Wildman–Crippen LogP) is 1.67. The Balaban J connectivity index is 1.69. The van der Waals surface area contributed by atoms with Gasteiger partial charge in [-0.1, -0.05) is 12.1 Å². The Morgan fingerprint density at radius 2 is 2.00 bits per heavy atom. The van der Waals surface area contributed by atoms with E-state index in [1.807, 2.05) is 31.2 Å². The lowest BCUT2D eigenvalue weighted by molar-refractivity contribution is -0.146. The van der Waals surface area contributed by atoms with Gasteiger partial charge in [0.15, 0.2) is 0 Å². The summed E-state index contributed by atoms with van der Waals surface area (Å²) in [5, 5.41) is 9.16. The standard InChI is InChI=1S/C18H22N2O4/c1-12-4-2-6-15(8-12)20-11-14(9-16(20)21)17(22)19-7-3-5-13(10-19)18(23)24/h2,4,6,8,13-14H,3,5,7,9-11H2,1H3,(H,23,24)/t13-,14+/m1/s1. The van der Waals surface area contributed by atoms with Gasteiger partial charge in [0.05, 0.1) is 11.8 Å². The topological polar surface area (TPSA) is 77.9 Å². The van der Waals surface area contributed by atoms with Crippen LogP contribution < -0.4 is 4.90 Å². The van der Waals surface area contributed by atoms with Crippen molar-refractivity contribution in [2.45, 2.75) is 26.2 Å². The average Bonchev–Trinajstić information content (AvgIpc) is 2.96. The van der Waals surface area contributed by atoms with Crippen molar-refractivity contribution in [3.8, 4) is 0 Å². The maximum absolute atomic E-state index is 12.7. The number of hydrogen-bond donors (Lipinski definition) is 1. The number of nitrogens with zero attached hydrogens (tertiary/aromatic N) is 2. The summed E-state index contributed by atoms with van der Waals surface area (Å²) in [4.78, 5) is 39.5. The number of anilines is 1. The van der Waals surface area contributed by atoms with Crippen molar-refractivity contribution < 1.29 is 19.5 Å². The largest absolute Gasteiger partial charge is 0.481 e. The first kappa shape index (κ1) is 16.5. The minimum Gasteiger partial charge on any atom is -0.481 e. The van der Waals surface area contributed by atoms with Gasteiger partial charge in [-0.25, -0.2) is 0 Å². The summed E-state index contributed by atoms with van der Waals surface area (Å²) in [6, 6.07) is 7.67. The van der Waals surface area contributed by atoms with Crippen LogP contribution >= 0.6 is 0 Å². The Labute approximate surface area is 141 Å². The number of benzene rings is 1. The van der Waals surface area contributed by atoms with Gasteiger partial charge in [-0.15, -0.1) is 0 Å². The molecule has 2 atom stereocenters. The van der Waals surface area contributed by atoms with Crippen LogP contribution in [-0.2, 0) is 14.4 Å². The molecule has 2 heterocycles. The number of carbonyl (C=O) groups is 3. The number of carboxylic acid groups (broad SMARTS) is 1. The number of aliphatic carboxylic acids is 1. The number of amides is 2. The van der Waals surface area contributed by atoms with Crippen LogP contribution in [0.5, 0.6) is 0 Å². The van der Waals surface area contributed by atoms with E-state index in [4.69, 9.17) is 5.11 Å². The molecular weight excluding hydrogens is 308 g/mol. The summed E-state index contributed by atoms with van der Waals surface area (Å²) < 4.78 is 0. The van der Waals surface area contributed by atoms with E-state index in [0.29, 0.717) is 25.9 Å². The minimum atomic E-state index is -0.851. The molecule has 2 aliphatic rings. The van der Waals surface area contributed by atoms with Crippen molar-refractivity contribution >= 4 is 23.5 Å². The fourth-order valence-corrected chi connectivity index (χ4v) is 3.56. The first-order chi connectivity index (χ1) is 11.5. The van der Waals surface area contributed by atoms with Gasteiger partial charge in [0, 0.05) is 31.7 Å². The molecule has 3 rings (SSSR count). The van der Waals surface area contributed by atoms with E-state index in [9.17, 15) is 14.4 Å². The molecule has 1 aromatic rings. The quantitative estimate of drug-likeness (QED) is 0.914. The molecule has 6 heteroatoms. The number of carboxylic acids is 1. The highest BCUT2D eigenvalue weighted by molar-refractivity contribution is 6.00. The molecule has 0 aromatic heterocycles. The SMILES string of the molecule is Cc1cccc(N2C[C@@H](C(=O)N3CCC[C@@H](C(=O)O)C3)CC2=O)c1. The van der Waals surface area contributed by atoms with Crippen molar-refractivity contribution in [2.75, 3.05) is 24.5 Å². The Morgan fingerprint density at radius 1 is 1.21 bits per heavy atom. The summed E-state index contributed by atoms with van der Waals surface area (Å²) in [5.41, 5.74) is 1.88. The van der Waals surface area contributed by atoms with Gasteiger partial charge >= 0.3 is 5.97 Å². The molecule has 1 N–H and O–H groups in total. The van der Waals surface area contributed by atoms with E-state index < -0.39 is 11.9 Å². The van der Waals surface area contributed by atoms with Gasteiger partial charge in [0.1, 0.15) is 0 Å². The Bertz CT molecular complexity index is 673. The Hall–Kier alpha value is -2.37. The summed E-state index contributed by atoms with van der Waals surface area (Å²) in [7, 11) is 0. The number of carbonyl (C=O) groups excluding carboxylic acids is 2. The lowest BCUT2D eigenvalue weighted by atomic mass is 9.96. The van der Waals surface area contributed by atoms with Crippen LogP contribution in [0.4, 0.5) is 5.69 Å². The number of aryl methyl sites for hydroxylation is 1. The van der Waals surface area contributed by atoms with E-state index in [0.717, 1.165) is 11.3 Å². The normalized spacial score (nSPS) is 24.3. The van der Waals surface area contributed by atoms with E-state index in [1.165, 1.54) is 0 Å². The van der Waals surface area contributed by atoms with Crippen LogP contribution in [0.1, 0.15) is 24.8 Å². The molecule has 0 saturated carbocycles. The van der Waals surface area contributed by atoms with Crippen LogP contribution in [0.3, 0.4) is 0 Å². The highest BCUT2D eigenvalue weighted by atomic mass is 16.4. The molecule has 2 saturated heterocycles. The molecule has 0 aliphatic carbocycles. The molecule has 1 aromatic carbocycles. The van der Waals surface area contributed by atoms with Crippen LogP contribution in [0.15, 0.2) is 24.3 Å². The molecule has 0 unspecified atom stereocenters. The lowest BCUT2D eigenvalue weighted by Gasteiger charge is -2.32. The molecule has 2 amide bonds. The van der Waals surface area contributed by atoms with E-state index in [2.05, 4.69) is 0 Å². The summed E-state index contributed by atoms with van der Waals surface area (Å²) in [5.74, 6) is -1.87. The second kappa shape index (κ2) is 6.63. The van der Waals surface area contributed by atoms with E-state index in [-0.39, 0.29) is 30.7 Å². The molecule has 0 spiro atoms. The molecule has 2 fully saturated rings. The van der Waals surface area contributed by atoms with Crippen LogP contribution in [0.25, 0.3) is 0 Å². The lowest BCUT2D eigenvalue weighted by Crippen LogP contribution is -2.45. The zero-order chi connectivity index (χ0) is 17.3. The fraction of sp³-hybridized carbons (Fsp3) is 0.500. The zero-order valence-corrected chi connectivity index (χ0v) is 13.8. The molecule has 0 bridgehead atoms. The van der Waals surface area contributed by atoms with Crippen LogP contribution in [-0.4, -0.2) is 47.4 Å². The summed E-state index contributed by atoms with van der Waals surface area (Å²) >= 11 is 0. The van der Waals surface area contributed by atoms with Crippen molar-refractivity contribution in [1.29, 1.82) is 0 Å². The summed E-state index contributed by atoms with van der Waals surface area (Å²) in [6.45, 7) is 3.17. The highest BCUT2D eigenvalue weighted by Gasteiger charge is 2.39. The van der Waals surface area contributed by atoms with Gasteiger partial charge in [-0.3, -0.25) is 14.4 Å². The highest BCUT2D eigenvalue weighted by Crippen LogP contribution is 2.28. The third-order valence-electron chi connectivity index (χ3n) is 4.87. The molecule has 24 heavy (non-hydrogen) atoms. The van der Waals surface area contributed by atoms with Crippen molar-refractivity contribution in [3.63, 3.8) is 0 Å². The maximum atomic E-state index is 12.7. The number of piperidine rings is 1. The van der Waals surface area contributed by atoms with Gasteiger partial charge in [-0.05, 0) is 37.5 Å². The van der Waals surface area contributed by atoms with E-state index >= 15 is 0 Å². The Morgan fingerprint density at radius 3 is 2.71 bits per heavy atom. The van der Waals surface area contributed by atoms with Gasteiger partial charge in [0.2, 0.25) is 11.8 Å². The number of likely N-dealkylation sites (tertiary alicyclic amines) is 1. The fourth-order valence-electron chi connectivity index (χ4n) is 3.56. The van der Waals surface area contributed by atoms with Crippen LogP contribution in [0, 0.1) is 18.8 Å². The molecule has 0 radical (unpaired) electrons. The van der Waals surface area contributed by atoms with Gasteiger partial charge in [0.25, 0.3) is 0 Å². The second-order valence-corrected chi connectivity index (χ2v) is 6.71. The van der Waals surface area contributed by atoms with Crippen molar-refractivity contribution in [2.24, 2.45) is 11.8 Å². The molecule has 6 nitrogen and oxygen atoms in total. The first-order valence-corrected chi connectivity index (χ1v) is 8.34. The number of hydrogen-bond acceptors (Lipinski definition) is 3. The maximum Gasteiger partial charge on any atom is 0.308 e. The predicted molar refractivity (Wildman–Crippen MR) is 88.6 cm³/mol. The van der Waals surface area contributed by atoms with Gasteiger partial charge in [-0.2, -0.15) is 0 Å². The minimum absolute atomic E-state index is 0.0502. The number of rotatable bonds is 3. The van der Waals surface area contributed by atoms with Crippen molar-refractivity contribution in [3.05, 3.63) is 29.8 Å². The smallest absolute Gasteiger partial charge is 0.308 e. The van der Waals surface area contributed by atoms with Crippen molar-refractivity contribution in [1.82, 2.24) is 4.90 Å². The summed E-state index contributed by atoms with van der Waals surface area (Å²) in [6.07, 6.45) is 1.50. The van der Waals surface area contributed by atoms with E-state index in [1.54, 1.807) is 9.80 Å².